The first-order chi connectivity index (χ1) is 11.6. The second-order valence-electron chi connectivity index (χ2n) is 8.45. The minimum atomic E-state index is 0.0710. The van der Waals surface area contributed by atoms with Gasteiger partial charge < -0.3 is 4.74 Å². The van der Waals surface area contributed by atoms with Gasteiger partial charge in [-0.3, -0.25) is 4.90 Å². The molecule has 0 aromatic carbocycles. The highest BCUT2D eigenvalue weighted by molar-refractivity contribution is 4.80. The van der Waals surface area contributed by atoms with Crippen molar-refractivity contribution in [2.45, 2.75) is 123 Å². The number of ether oxygens (including phenoxy) is 1. The van der Waals surface area contributed by atoms with Gasteiger partial charge in [-0.05, 0) is 33.1 Å². The van der Waals surface area contributed by atoms with Gasteiger partial charge in [0.25, 0.3) is 0 Å². The summed E-state index contributed by atoms with van der Waals surface area (Å²) in [6, 6.07) is 0.797. The van der Waals surface area contributed by atoms with Crippen molar-refractivity contribution in [1.29, 1.82) is 0 Å². The molecular weight excluding hydrogens is 294 g/mol. The second kappa shape index (κ2) is 13.2. The van der Waals surface area contributed by atoms with Gasteiger partial charge in [0.05, 0.1) is 12.2 Å². The van der Waals surface area contributed by atoms with Crippen LogP contribution < -0.4 is 0 Å². The van der Waals surface area contributed by atoms with E-state index in [0.717, 1.165) is 19.2 Å². The maximum atomic E-state index is 6.04. The Kier molecular flexibility index (Phi) is 12.0. The van der Waals surface area contributed by atoms with Gasteiger partial charge in [0.1, 0.15) is 0 Å². The lowest BCUT2D eigenvalue weighted by Gasteiger charge is -2.31. The summed E-state index contributed by atoms with van der Waals surface area (Å²) in [7, 11) is 0. The molecule has 1 aliphatic heterocycles. The number of hydrogen-bond donors (Lipinski definition) is 0. The minimum absolute atomic E-state index is 0.0710. The third kappa shape index (κ3) is 10.0. The van der Waals surface area contributed by atoms with Gasteiger partial charge in [-0.15, -0.1) is 0 Å². The van der Waals surface area contributed by atoms with Crippen molar-refractivity contribution in [2.24, 2.45) is 0 Å². The molecule has 144 valence electrons. The summed E-state index contributed by atoms with van der Waals surface area (Å²) in [5.41, 5.74) is 0.0710. The quantitative estimate of drug-likeness (QED) is 0.351. The molecule has 0 spiro atoms. The molecule has 0 radical (unpaired) electrons. The molecule has 2 nitrogen and oxygen atoms in total. The zero-order valence-corrected chi connectivity index (χ0v) is 17.2. The van der Waals surface area contributed by atoms with Gasteiger partial charge in [0, 0.05) is 19.1 Å². The molecule has 2 heteroatoms. The zero-order valence-electron chi connectivity index (χ0n) is 17.2. The van der Waals surface area contributed by atoms with Gasteiger partial charge in [0.15, 0.2) is 0 Å². The summed E-state index contributed by atoms with van der Waals surface area (Å²) in [6.07, 6.45) is 18.0. The monoisotopic (exact) mass is 339 g/mol. The lowest BCUT2D eigenvalue weighted by molar-refractivity contribution is -0.00901. The standard InChI is InChI=1S/C22H45NO/c1-5-7-9-11-13-15-21(16-14-12-10-8-6-2)23-18-17-22(3,4)24-20-19-23/h21H,5-20H2,1-4H3. The molecule has 1 aliphatic rings. The van der Waals surface area contributed by atoms with E-state index in [-0.39, 0.29) is 5.60 Å². The second-order valence-corrected chi connectivity index (χ2v) is 8.45. The van der Waals surface area contributed by atoms with E-state index < -0.39 is 0 Å². The van der Waals surface area contributed by atoms with Gasteiger partial charge in [-0.2, -0.15) is 0 Å². The van der Waals surface area contributed by atoms with Crippen LogP contribution in [0.4, 0.5) is 0 Å². The summed E-state index contributed by atoms with van der Waals surface area (Å²) < 4.78 is 6.04. The first-order valence-corrected chi connectivity index (χ1v) is 11.0. The maximum absolute atomic E-state index is 6.04. The highest BCUT2D eigenvalue weighted by atomic mass is 16.5. The van der Waals surface area contributed by atoms with E-state index >= 15 is 0 Å². The molecule has 0 amide bonds. The van der Waals surface area contributed by atoms with E-state index in [0.29, 0.717) is 0 Å². The molecule has 1 heterocycles. The maximum Gasteiger partial charge on any atom is 0.0639 e. The first kappa shape index (κ1) is 22.0. The highest BCUT2D eigenvalue weighted by Crippen LogP contribution is 2.24. The third-order valence-corrected chi connectivity index (χ3v) is 5.67. The fraction of sp³-hybridized carbons (Fsp3) is 1.00. The zero-order chi connectivity index (χ0) is 17.7. The van der Waals surface area contributed by atoms with Crippen LogP contribution >= 0.6 is 0 Å². The predicted octanol–water partition coefficient (Wildman–Crippen LogP) is 6.58. The number of unbranched alkanes of at least 4 members (excludes halogenated alkanes) is 8. The predicted molar refractivity (Wildman–Crippen MR) is 107 cm³/mol. The minimum Gasteiger partial charge on any atom is -0.374 e. The first-order valence-electron chi connectivity index (χ1n) is 11.0. The average Bonchev–Trinajstić information content (AvgIpc) is 2.73. The molecule has 24 heavy (non-hydrogen) atoms. The van der Waals surface area contributed by atoms with Gasteiger partial charge in [0.2, 0.25) is 0 Å². The van der Waals surface area contributed by atoms with Crippen LogP contribution in [0.1, 0.15) is 111 Å². The van der Waals surface area contributed by atoms with Crippen molar-refractivity contribution in [3.05, 3.63) is 0 Å². The summed E-state index contributed by atoms with van der Waals surface area (Å²) in [4.78, 5) is 2.76. The van der Waals surface area contributed by atoms with E-state index in [2.05, 4.69) is 32.6 Å². The Balaban J connectivity index is 2.40. The van der Waals surface area contributed by atoms with Crippen LogP contribution in [-0.4, -0.2) is 36.2 Å². The Hall–Kier alpha value is -0.0800. The molecule has 1 saturated heterocycles. The van der Waals surface area contributed by atoms with Crippen LogP contribution in [0.15, 0.2) is 0 Å². The normalized spacial score (nSPS) is 18.9. The Labute approximate surface area is 152 Å². The Bertz CT molecular complexity index is 276. The molecule has 0 aromatic heterocycles. The molecule has 0 aromatic rings. The van der Waals surface area contributed by atoms with Crippen LogP contribution in [0, 0.1) is 0 Å². The summed E-state index contributed by atoms with van der Waals surface area (Å²) >= 11 is 0. The van der Waals surface area contributed by atoms with Crippen molar-refractivity contribution < 1.29 is 4.74 Å². The molecule has 0 atom stereocenters. The highest BCUT2D eigenvalue weighted by Gasteiger charge is 2.27. The smallest absolute Gasteiger partial charge is 0.0639 e. The summed E-state index contributed by atoms with van der Waals surface area (Å²) in [5.74, 6) is 0. The van der Waals surface area contributed by atoms with E-state index in [9.17, 15) is 0 Å². The number of nitrogens with zero attached hydrogens (tertiary/aromatic N) is 1. The van der Waals surface area contributed by atoms with Gasteiger partial charge in [-0.25, -0.2) is 0 Å². The van der Waals surface area contributed by atoms with Crippen molar-refractivity contribution in [2.75, 3.05) is 19.7 Å². The summed E-state index contributed by atoms with van der Waals surface area (Å²) in [5, 5.41) is 0. The summed E-state index contributed by atoms with van der Waals surface area (Å²) in [6.45, 7) is 12.4. The van der Waals surface area contributed by atoms with E-state index in [1.54, 1.807) is 0 Å². The molecule has 0 N–H and O–H groups in total. The van der Waals surface area contributed by atoms with Crippen molar-refractivity contribution in [1.82, 2.24) is 4.90 Å². The van der Waals surface area contributed by atoms with Crippen LogP contribution in [0.2, 0.25) is 0 Å². The van der Waals surface area contributed by atoms with Crippen molar-refractivity contribution in [3.8, 4) is 0 Å². The number of rotatable bonds is 13. The molecule has 1 rings (SSSR count). The lowest BCUT2D eigenvalue weighted by Crippen LogP contribution is -2.37. The fourth-order valence-electron chi connectivity index (χ4n) is 3.88. The molecular formula is C22H45NO. The molecule has 0 saturated carbocycles. The van der Waals surface area contributed by atoms with Crippen molar-refractivity contribution >= 4 is 0 Å². The molecule has 1 fully saturated rings. The van der Waals surface area contributed by atoms with Crippen molar-refractivity contribution in [3.63, 3.8) is 0 Å². The Morgan fingerprint density at radius 3 is 1.88 bits per heavy atom. The van der Waals surface area contributed by atoms with Gasteiger partial charge >= 0.3 is 0 Å². The SMILES string of the molecule is CCCCCCCC(CCCCCCC)N1CCOC(C)(C)CC1. The van der Waals surface area contributed by atoms with Crippen LogP contribution in [0.25, 0.3) is 0 Å². The third-order valence-electron chi connectivity index (χ3n) is 5.67. The largest absolute Gasteiger partial charge is 0.374 e. The molecule has 0 bridgehead atoms. The Morgan fingerprint density at radius 1 is 0.792 bits per heavy atom. The van der Waals surface area contributed by atoms with Gasteiger partial charge in [-0.1, -0.05) is 78.1 Å². The molecule has 0 aliphatic carbocycles. The average molecular weight is 340 g/mol. The van der Waals surface area contributed by atoms with E-state index in [1.807, 2.05) is 0 Å². The van der Waals surface area contributed by atoms with E-state index in [4.69, 9.17) is 4.74 Å². The lowest BCUT2D eigenvalue weighted by atomic mass is 9.98. The van der Waals surface area contributed by atoms with Crippen LogP contribution in [-0.2, 0) is 4.74 Å². The van der Waals surface area contributed by atoms with Crippen LogP contribution in [0.5, 0.6) is 0 Å². The fourth-order valence-corrected chi connectivity index (χ4v) is 3.88. The molecule has 0 unspecified atom stereocenters. The van der Waals surface area contributed by atoms with Crippen LogP contribution in [0.3, 0.4) is 0 Å². The Morgan fingerprint density at radius 2 is 1.33 bits per heavy atom. The number of hydrogen-bond acceptors (Lipinski definition) is 2. The topological polar surface area (TPSA) is 12.5 Å². The van der Waals surface area contributed by atoms with E-state index in [1.165, 1.54) is 90.0 Å².